The second kappa shape index (κ2) is 7.05. The summed E-state index contributed by atoms with van der Waals surface area (Å²) in [7, 11) is 1.54. The van der Waals surface area contributed by atoms with Crippen LogP contribution in [0.15, 0.2) is 64.0 Å². The molecule has 5 nitrogen and oxygen atoms in total. The number of carbonyl (C=O) groups is 1. The molecule has 25 heavy (non-hydrogen) atoms. The number of esters is 1. The van der Waals surface area contributed by atoms with E-state index in [1.807, 2.05) is 19.1 Å². The highest BCUT2D eigenvalue weighted by molar-refractivity contribution is 5.89. The summed E-state index contributed by atoms with van der Waals surface area (Å²) in [5.41, 5.74) is 1.30. The molecule has 1 aromatic heterocycles. The fraction of sp³-hybridized carbons (Fsp3) is 0.100. The van der Waals surface area contributed by atoms with Gasteiger partial charge in [0.15, 0.2) is 5.43 Å². The Labute approximate surface area is 144 Å². The van der Waals surface area contributed by atoms with E-state index in [-0.39, 0.29) is 11.0 Å². The van der Waals surface area contributed by atoms with Gasteiger partial charge in [0.05, 0.1) is 18.1 Å². The largest absolute Gasteiger partial charge is 0.497 e. The van der Waals surface area contributed by atoms with Crippen molar-refractivity contribution < 1.29 is 18.7 Å². The lowest BCUT2D eigenvalue weighted by molar-refractivity contribution is -0.128. The van der Waals surface area contributed by atoms with Crippen molar-refractivity contribution in [3.05, 3.63) is 76.2 Å². The van der Waals surface area contributed by atoms with Crippen LogP contribution in [0.1, 0.15) is 11.1 Å². The number of rotatable bonds is 4. The van der Waals surface area contributed by atoms with Crippen molar-refractivity contribution in [2.75, 3.05) is 7.11 Å². The maximum absolute atomic E-state index is 12.4. The molecule has 0 spiro atoms. The number of hydrogen-bond donors (Lipinski definition) is 0. The molecule has 3 rings (SSSR count). The van der Waals surface area contributed by atoms with Gasteiger partial charge >= 0.3 is 5.97 Å². The van der Waals surface area contributed by atoms with Crippen molar-refractivity contribution in [3.63, 3.8) is 0 Å². The highest BCUT2D eigenvalue weighted by Crippen LogP contribution is 2.19. The zero-order valence-electron chi connectivity index (χ0n) is 13.8. The molecule has 0 unspecified atom stereocenters. The zero-order chi connectivity index (χ0) is 17.8. The Morgan fingerprint density at radius 1 is 1.16 bits per heavy atom. The lowest BCUT2D eigenvalue weighted by Crippen LogP contribution is -2.07. The zero-order valence-corrected chi connectivity index (χ0v) is 13.8. The smallest absolute Gasteiger partial charge is 0.336 e. The molecule has 0 saturated heterocycles. The Morgan fingerprint density at radius 2 is 1.96 bits per heavy atom. The Balaban J connectivity index is 1.84. The molecule has 0 aliphatic heterocycles. The third-order valence-electron chi connectivity index (χ3n) is 3.71. The minimum atomic E-state index is -0.566. The molecule has 126 valence electrons. The molecule has 0 aliphatic carbocycles. The summed E-state index contributed by atoms with van der Waals surface area (Å²) in [5.74, 6) is 0.513. The van der Waals surface area contributed by atoms with E-state index in [4.69, 9.17) is 13.9 Å². The summed E-state index contributed by atoms with van der Waals surface area (Å²) in [6.45, 7) is 1.85. The molecule has 1 heterocycles. The summed E-state index contributed by atoms with van der Waals surface area (Å²) >= 11 is 0. The van der Waals surface area contributed by atoms with Crippen molar-refractivity contribution in [1.29, 1.82) is 0 Å². The van der Waals surface area contributed by atoms with E-state index in [1.165, 1.54) is 25.5 Å². The molecule has 2 aromatic carbocycles. The molecule has 0 radical (unpaired) electrons. The molecular formula is C20H16O5. The first-order chi connectivity index (χ1) is 12.1. The van der Waals surface area contributed by atoms with E-state index in [0.717, 1.165) is 5.56 Å². The molecule has 0 saturated carbocycles. The highest BCUT2D eigenvalue weighted by atomic mass is 16.5. The van der Waals surface area contributed by atoms with Crippen molar-refractivity contribution in [2.45, 2.75) is 6.92 Å². The van der Waals surface area contributed by atoms with Gasteiger partial charge in [-0.15, -0.1) is 0 Å². The Hall–Kier alpha value is -3.34. The maximum Gasteiger partial charge on any atom is 0.336 e. The van der Waals surface area contributed by atoms with Gasteiger partial charge in [0, 0.05) is 12.1 Å². The monoisotopic (exact) mass is 336 g/mol. The normalized spacial score (nSPS) is 11.0. The number of fused-ring (bicyclic) bond motifs is 1. The lowest BCUT2D eigenvalue weighted by atomic mass is 10.1. The molecule has 0 aliphatic rings. The van der Waals surface area contributed by atoms with Crippen molar-refractivity contribution in [2.24, 2.45) is 0 Å². The highest BCUT2D eigenvalue weighted by Gasteiger charge is 2.08. The van der Waals surface area contributed by atoms with Gasteiger partial charge in [0.25, 0.3) is 0 Å². The van der Waals surface area contributed by atoms with Crippen LogP contribution in [0, 0.1) is 6.92 Å². The molecule has 3 aromatic rings. The molecule has 0 bridgehead atoms. The molecule has 0 atom stereocenters. The maximum atomic E-state index is 12.4. The minimum absolute atomic E-state index is 0.233. The van der Waals surface area contributed by atoms with Crippen LogP contribution in [0.25, 0.3) is 17.0 Å². The second-order valence-electron chi connectivity index (χ2n) is 5.40. The van der Waals surface area contributed by atoms with Crippen LogP contribution < -0.4 is 14.9 Å². The van der Waals surface area contributed by atoms with E-state index >= 15 is 0 Å². The summed E-state index contributed by atoms with van der Waals surface area (Å²) in [6.07, 6.45) is 3.89. The summed E-state index contributed by atoms with van der Waals surface area (Å²) < 4.78 is 15.8. The van der Waals surface area contributed by atoms with Crippen LogP contribution in [0.5, 0.6) is 11.5 Å². The van der Waals surface area contributed by atoms with Crippen LogP contribution >= 0.6 is 0 Å². The number of ether oxygens (including phenoxy) is 2. The van der Waals surface area contributed by atoms with E-state index in [9.17, 15) is 9.59 Å². The summed E-state index contributed by atoms with van der Waals surface area (Å²) in [5, 5.41) is 0.412. The first-order valence-electron chi connectivity index (χ1n) is 7.63. The van der Waals surface area contributed by atoms with Gasteiger partial charge in [0.1, 0.15) is 23.3 Å². The van der Waals surface area contributed by atoms with Crippen LogP contribution in [0.3, 0.4) is 0 Å². The first kappa shape index (κ1) is 16.5. The standard InChI is InChI=1S/C20H16O5/c1-13-5-3-4-6-17(13)25-19(21)10-7-14-12-24-18-11-15(23-2)8-9-16(18)20(14)22/h3-12H,1-2H3/b10-7+. The van der Waals surface area contributed by atoms with Crippen LogP contribution in [-0.2, 0) is 4.79 Å². The van der Waals surface area contributed by atoms with E-state index in [2.05, 4.69) is 0 Å². The molecule has 5 heteroatoms. The predicted molar refractivity (Wildman–Crippen MR) is 94.9 cm³/mol. The molecule has 0 amide bonds. The predicted octanol–water partition coefficient (Wildman–Crippen LogP) is 3.73. The van der Waals surface area contributed by atoms with Gasteiger partial charge in [-0.3, -0.25) is 4.79 Å². The fourth-order valence-corrected chi connectivity index (χ4v) is 2.34. The van der Waals surface area contributed by atoms with Crippen molar-refractivity contribution >= 4 is 23.0 Å². The van der Waals surface area contributed by atoms with E-state index < -0.39 is 5.97 Å². The number of methoxy groups -OCH3 is 1. The van der Waals surface area contributed by atoms with Crippen LogP contribution in [0.2, 0.25) is 0 Å². The molecule has 0 N–H and O–H groups in total. The SMILES string of the molecule is COc1ccc2c(=O)c(/C=C/C(=O)Oc3ccccc3C)coc2c1. The number of hydrogen-bond acceptors (Lipinski definition) is 5. The van der Waals surface area contributed by atoms with Gasteiger partial charge < -0.3 is 13.9 Å². The molecule has 0 fully saturated rings. The number of carbonyl (C=O) groups excluding carboxylic acids is 1. The summed E-state index contributed by atoms with van der Waals surface area (Å²) in [6, 6.07) is 12.1. The minimum Gasteiger partial charge on any atom is -0.497 e. The molecular weight excluding hydrogens is 320 g/mol. The Kier molecular flexibility index (Phi) is 4.66. The third-order valence-corrected chi connectivity index (χ3v) is 3.71. The quantitative estimate of drug-likeness (QED) is 0.413. The Morgan fingerprint density at radius 3 is 2.72 bits per heavy atom. The van der Waals surface area contributed by atoms with Crippen molar-refractivity contribution in [3.8, 4) is 11.5 Å². The number of benzene rings is 2. The van der Waals surface area contributed by atoms with Gasteiger partial charge in [-0.1, -0.05) is 18.2 Å². The van der Waals surface area contributed by atoms with Crippen LogP contribution in [-0.4, -0.2) is 13.1 Å². The van der Waals surface area contributed by atoms with E-state index in [0.29, 0.717) is 22.5 Å². The number of para-hydroxylation sites is 1. The average Bonchev–Trinajstić information content (AvgIpc) is 2.63. The van der Waals surface area contributed by atoms with Gasteiger partial charge in [-0.2, -0.15) is 0 Å². The summed E-state index contributed by atoms with van der Waals surface area (Å²) in [4.78, 5) is 24.4. The fourth-order valence-electron chi connectivity index (χ4n) is 2.34. The first-order valence-corrected chi connectivity index (χ1v) is 7.63. The van der Waals surface area contributed by atoms with Gasteiger partial charge in [0.2, 0.25) is 0 Å². The Bertz CT molecular complexity index is 1010. The van der Waals surface area contributed by atoms with Gasteiger partial charge in [-0.05, 0) is 36.8 Å². The second-order valence-corrected chi connectivity index (χ2v) is 5.40. The number of aryl methyl sites for hydroxylation is 1. The average molecular weight is 336 g/mol. The van der Waals surface area contributed by atoms with E-state index in [1.54, 1.807) is 30.3 Å². The van der Waals surface area contributed by atoms with Crippen LogP contribution in [0.4, 0.5) is 0 Å². The third kappa shape index (κ3) is 3.61. The van der Waals surface area contributed by atoms with Crippen molar-refractivity contribution in [1.82, 2.24) is 0 Å². The van der Waals surface area contributed by atoms with Gasteiger partial charge in [-0.25, -0.2) is 4.79 Å². The topological polar surface area (TPSA) is 65.7 Å². The lowest BCUT2D eigenvalue weighted by Gasteiger charge is -2.04.